The summed E-state index contributed by atoms with van der Waals surface area (Å²) in [6, 6.07) is 25.1. The number of rotatable bonds is 6. The molecule has 144 valence electrons. The molecule has 0 aromatic heterocycles. The van der Waals surface area contributed by atoms with E-state index in [9.17, 15) is 5.11 Å². The van der Waals surface area contributed by atoms with Crippen LogP contribution in [0.1, 0.15) is 16.7 Å². The number of benzene rings is 3. The van der Waals surface area contributed by atoms with Crippen LogP contribution >= 0.6 is 0 Å². The van der Waals surface area contributed by atoms with Crippen molar-refractivity contribution in [3.8, 4) is 16.9 Å². The lowest BCUT2D eigenvalue weighted by Crippen LogP contribution is -2.38. The van der Waals surface area contributed by atoms with Gasteiger partial charge in [-0.1, -0.05) is 66.2 Å². The normalized spacial score (nSPS) is 15.1. The predicted molar refractivity (Wildman–Crippen MR) is 114 cm³/mol. The average Bonchev–Trinajstić information content (AvgIpc) is 2.73. The Hall–Kier alpha value is -2.62. The molecule has 0 fully saturated rings. The van der Waals surface area contributed by atoms with E-state index in [2.05, 4.69) is 66.4 Å². The Bertz CT molecular complexity index is 920. The molecule has 0 spiro atoms. The number of ether oxygens (including phenoxy) is 1. The van der Waals surface area contributed by atoms with Gasteiger partial charge in [0.2, 0.25) is 0 Å². The summed E-state index contributed by atoms with van der Waals surface area (Å²) < 4.78 is 5.89. The van der Waals surface area contributed by atoms with Crippen LogP contribution in [-0.2, 0) is 13.0 Å². The number of aliphatic hydroxyl groups is 1. The van der Waals surface area contributed by atoms with Crippen molar-refractivity contribution in [3.05, 3.63) is 89.5 Å². The van der Waals surface area contributed by atoms with Crippen LogP contribution in [0.4, 0.5) is 0 Å². The van der Waals surface area contributed by atoms with Gasteiger partial charge in [-0.2, -0.15) is 0 Å². The van der Waals surface area contributed by atoms with Crippen LogP contribution in [0.15, 0.2) is 72.8 Å². The Balaban J connectivity index is 1.32. The van der Waals surface area contributed by atoms with Gasteiger partial charge in [-0.15, -0.1) is 0 Å². The zero-order chi connectivity index (χ0) is 19.3. The zero-order valence-electron chi connectivity index (χ0n) is 16.3. The zero-order valence-corrected chi connectivity index (χ0v) is 16.3. The maximum Gasteiger partial charge on any atom is 0.120 e. The Kier molecular flexibility index (Phi) is 5.75. The van der Waals surface area contributed by atoms with Crippen LogP contribution in [0.25, 0.3) is 11.1 Å². The van der Waals surface area contributed by atoms with Gasteiger partial charge >= 0.3 is 0 Å². The van der Waals surface area contributed by atoms with Gasteiger partial charge in [-0.25, -0.2) is 0 Å². The van der Waals surface area contributed by atoms with Gasteiger partial charge in [0.05, 0.1) is 0 Å². The fourth-order valence-electron chi connectivity index (χ4n) is 3.76. The summed E-state index contributed by atoms with van der Waals surface area (Å²) in [4.78, 5) is 2.30. The molecular formula is C25H27NO2. The summed E-state index contributed by atoms with van der Waals surface area (Å²) in [6.07, 6.45) is 0.538. The van der Waals surface area contributed by atoms with E-state index >= 15 is 0 Å². The molecule has 1 heterocycles. The maximum absolute atomic E-state index is 10.5. The molecule has 1 aliphatic heterocycles. The number of nitrogens with zero attached hydrogens (tertiary/aromatic N) is 1. The topological polar surface area (TPSA) is 32.7 Å². The third-order valence-corrected chi connectivity index (χ3v) is 5.34. The lowest BCUT2D eigenvalue weighted by molar-refractivity contribution is 0.0638. The van der Waals surface area contributed by atoms with E-state index in [4.69, 9.17) is 4.74 Å². The lowest BCUT2D eigenvalue weighted by atomic mass is 10.00. The first-order chi connectivity index (χ1) is 13.7. The highest BCUT2D eigenvalue weighted by molar-refractivity contribution is 5.65. The molecule has 1 unspecified atom stereocenters. The minimum atomic E-state index is -0.506. The average molecular weight is 373 g/mol. The fraction of sp³-hybridized carbons (Fsp3) is 0.280. The van der Waals surface area contributed by atoms with Crippen LogP contribution in [0.3, 0.4) is 0 Å². The van der Waals surface area contributed by atoms with Crippen molar-refractivity contribution in [2.75, 3.05) is 19.7 Å². The van der Waals surface area contributed by atoms with E-state index < -0.39 is 6.10 Å². The molecule has 3 aromatic carbocycles. The molecular weight excluding hydrogens is 346 g/mol. The molecule has 1 N–H and O–H groups in total. The van der Waals surface area contributed by atoms with Crippen LogP contribution in [-0.4, -0.2) is 35.8 Å². The largest absolute Gasteiger partial charge is 0.491 e. The van der Waals surface area contributed by atoms with Gasteiger partial charge in [0, 0.05) is 19.6 Å². The Labute approximate surface area is 167 Å². The number of fused-ring (bicyclic) bond motifs is 1. The molecule has 1 atom stereocenters. The van der Waals surface area contributed by atoms with Crippen LogP contribution < -0.4 is 4.74 Å². The second-order valence-corrected chi connectivity index (χ2v) is 7.61. The molecule has 3 aromatic rings. The highest BCUT2D eigenvalue weighted by Gasteiger charge is 2.18. The quantitative estimate of drug-likeness (QED) is 0.692. The highest BCUT2D eigenvalue weighted by Crippen LogP contribution is 2.24. The molecule has 0 bridgehead atoms. The third kappa shape index (κ3) is 4.61. The van der Waals surface area contributed by atoms with E-state index in [-0.39, 0.29) is 0 Å². The molecule has 4 rings (SSSR count). The van der Waals surface area contributed by atoms with Gasteiger partial charge in [-0.3, -0.25) is 4.90 Å². The monoisotopic (exact) mass is 373 g/mol. The summed E-state index contributed by atoms with van der Waals surface area (Å²) in [6.45, 7) is 4.90. The summed E-state index contributed by atoms with van der Waals surface area (Å²) in [5.41, 5.74) is 6.34. The summed E-state index contributed by atoms with van der Waals surface area (Å²) >= 11 is 0. The van der Waals surface area contributed by atoms with Crippen molar-refractivity contribution in [3.63, 3.8) is 0 Å². The van der Waals surface area contributed by atoms with Crippen molar-refractivity contribution < 1.29 is 9.84 Å². The van der Waals surface area contributed by atoms with Gasteiger partial charge in [0.25, 0.3) is 0 Å². The van der Waals surface area contributed by atoms with E-state index in [1.165, 1.54) is 22.3 Å². The minimum Gasteiger partial charge on any atom is -0.491 e. The molecule has 0 saturated heterocycles. The van der Waals surface area contributed by atoms with Gasteiger partial charge in [0.15, 0.2) is 0 Å². The van der Waals surface area contributed by atoms with Crippen LogP contribution in [0.2, 0.25) is 0 Å². The van der Waals surface area contributed by atoms with Gasteiger partial charge in [0.1, 0.15) is 18.5 Å². The Morgan fingerprint density at radius 2 is 1.71 bits per heavy atom. The predicted octanol–water partition coefficient (Wildman–Crippen LogP) is 4.46. The van der Waals surface area contributed by atoms with Gasteiger partial charge in [-0.05, 0) is 47.7 Å². The molecule has 0 radical (unpaired) electrons. The summed E-state index contributed by atoms with van der Waals surface area (Å²) in [5.74, 6) is 0.793. The SMILES string of the molecule is Cc1ccc(-c2cccc(OCC(O)CN3CCc4ccccc4C3)c2)cc1. The molecule has 1 aliphatic rings. The molecule has 0 amide bonds. The highest BCUT2D eigenvalue weighted by atomic mass is 16.5. The second kappa shape index (κ2) is 8.59. The fourth-order valence-corrected chi connectivity index (χ4v) is 3.76. The van der Waals surface area contributed by atoms with E-state index in [1.54, 1.807) is 0 Å². The molecule has 0 aliphatic carbocycles. The summed E-state index contributed by atoms with van der Waals surface area (Å²) in [7, 11) is 0. The number of hydrogen-bond acceptors (Lipinski definition) is 3. The van der Waals surface area contributed by atoms with E-state index in [0.717, 1.165) is 30.8 Å². The van der Waals surface area contributed by atoms with Crippen molar-refractivity contribution in [2.24, 2.45) is 0 Å². The molecule has 3 nitrogen and oxygen atoms in total. The van der Waals surface area contributed by atoms with Crippen molar-refractivity contribution in [1.82, 2.24) is 4.90 Å². The molecule has 0 saturated carbocycles. The van der Waals surface area contributed by atoms with Crippen LogP contribution in [0.5, 0.6) is 5.75 Å². The van der Waals surface area contributed by atoms with Crippen LogP contribution in [0, 0.1) is 6.92 Å². The first-order valence-electron chi connectivity index (χ1n) is 9.94. The maximum atomic E-state index is 10.5. The number of hydrogen-bond donors (Lipinski definition) is 1. The Morgan fingerprint density at radius 3 is 2.54 bits per heavy atom. The smallest absolute Gasteiger partial charge is 0.120 e. The minimum absolute atomic E-state index is 0.301. The molecule has 3 heteroatoms. The van der Waals surface area contributed by atoms with Crippen molar-refractivity contribution in [1.29, 1.82) is 0 Å². The second-order valence-electron chi connectivity index (χ2n) is 7.61. The molecule has 28 heavy (non-hydrogen) atoms. The van der Waals surface area contributed by atoms with E-state index in [1.807, 2.05) is 18.2 Å². The standard InChI is InChI=1S/C25H27NO2/c1-19-9-11-21(12-10-19)22-7-4-8-25(15-22)28-18-24(27)17-26-14-13-20-5-2-3-6-23(20)16-26/h2-12,15,24,27H,13-14,16-18H2,1H3. The van der Waals surface area contributed by atoms with Gasteiger partial charge < -0.3 is 9.84 Å². The first-order valence-corrected chi connectivity index (χ1v) is 9.94. The van der Waals surface area contributed by atoms with Crippen molar-refractivity contribution >= 4 is 0 Å². The number of β-amino-alcohol motifs (C(OH)–C–C–N with tert-alkyl or cyclic N) is 1. The third-order valence-electron chi connectivity index (χ3n) is 5.34. The van der Waals surface area contributed by atoms with E-state index in [0.29, 0.717) is 13.2 Å². The summed E-state index contributed by atoms with van der Waals surface area (Å²) in [5, 5.41) is 10.5. The number of aliphatic hydroxyl groups excluding tert-OH is 1. The lowest BCUT2D eigenvalue weighted by Gasteiger charge is -2.30. The number of aryl methyl sites for hydroxylation is 1. The van der Waals surface area contributed by atoms with Crippen molar-refractivity contribution in [2.45, 2.75) is 26.0 Å². The Morgan fingerprint density at radius 1 is 0.929 bits per heavy atom. The first kappa shape index (κ1) is 18.7.